The number of carboxylic acid groups (broad SMARTS) is 1. The second-order valence-corrected chi connectivity index (χ2v) is 3.21. The molecule has 0 aromatic rings. The molecular formula is C7H10O3S. The van der Waals surface area contributed by atoms with Crippen LogP contribution < -0.4 is 0 Å². The molecule has 1 aliphatic carbocycles. The third-order valence-electron chi connectivity index (χ3n) is 1.71. The maximum absolute atomic E-state index is 10.5. The van der Waals surface area contributed by atoms with E-state index >= 15 is 0 Å². The van der Waals surface area contributed by atoms with Crippen LogP contribution in [0.15, 0.2) is 11.6 Å². The predicted molar refractivity (Wildman–Crippen MR) is 43.7 cm³/mol. The van der Waals surface area contributed by atoms with Crippen LogP contribution in [0.5, 0.6) is 0 Å². The zero-order valence-corrected chi connectivity index (χ0v) is 6.79. The topological polar surface area (TPSA) is 57.5 Å². The van der Waals surface area contributed by atoms with E-state index in [2.05, 4.69) is 12.6 Å². The van der Waals surface area contributed by atoms with E-state index in [4.69, 9.17) is 10.2 Å². The van der Waals surface area contributed by atoms with Crippen molar-refractivity contribution in [2.45, 2.75) is 24.2 Å². The van der Waals surface area contributed by atoms with Crippen LogP contribution in [0.2, 0.25) is 0 Å². The van der Waals surface area contributed by atoms with Gasteiger partial charge in [-0.15, -0.1) is 0 Å². The van der Waals surface area contributed by atoms with Crippen LogP contribution >= 0.6 is 12.6 Å². The number of carbonyl (C=O) groups is 1. The maximum Gasteiger partial charge on any atom is 0.332 e. The van der Waals surface area contributed by atoms with Crippen LogP contribution in [0, 0.1) is 0 Å². The number of rotatable bonds is 1. The average molecular weight is 174 g/mol. The molecule has 0 heterocycles. The van der Waals surface area contributed by atoms with Crippen molar-refractivity contribution in [3.8, 4) is 0 Å². The van der Waals surface area contributed by atoms with E-state index in [0.29, 0.717) is 12.8 Å². The van der Waals surface area contributed by atoms with Crippen molar-refractivity contribution in [2.75, 3.05) is 0 Å². The van der Waals surface area contributed by atoms with Crippen LogP contribution in [0.3, 0.4) is 0 Å². The Morgan fingerprint density at radius 2 is 2.27 bits per heavy atom. The highest BCUT2D eigenvalue weighted by molar-refractivity contribution is 7.81. The van der Waals surface area contributed by atoms with Gasteiger partial charge < -0.3 is 10.2 Å². The molecule has 2 atom stereocenters. The van der Waals surface area contributed by atoms with Crippen molar-refractivity contribution in [1.82, 2.24) is 0 Å². The minimum Gasteiger partial charge on any atom is -0.478 e. The molecule has 11 heavy (non-hydrogen) atoms. The van der Waals surface area contributed by atoms with Gasteiger partial charge in [-0.1, -0.05) is 0 Å². The second kappa shape index (κ2) is 3.28. The monoisotopic (exact) mass is 174 g/mol. The molecule has 2 unspecified atom stereocenters. The molecule has 0 spiro atoms. The van der Waals surface area contributed by atoms with E-state index in [9.17, 15) is 4.79 Å². The molecule has 0 amide bonds. The summed E-state index contributed by atoms with van der Waals surface area (Å²) in [5.41, 5.74) is 0.215. The summed E-state index contributed by atoms with van der Waals surface area (Å²) in [6, 6.07) is 0. The van der Waals surface area contributed by atoms with Crippen molar-refractivity contribution >= 4 is 18.6 Å². The smallest absolute Gasteiger partial charge is 0.332 e. The van der Waals surface area contributed by atoms with E-state index in [1.807, 2.05) is 0 Å². The minimum absolute atomic E-state index is 0.215. The fourth-order valence-corrected chi connectivity index (χ4v) is 1.45. The highest BCUT2D eigenvalue weighted by Gasteiger charge is 2.23. The normalized spacial score (nSPS) is 31.3. The molecule has 1 aliphatic rings. The van der Waals surface area contributed by atoms with Gasteiger partial charge in [0.2, 0.25) is 0 Å². The maximum atomic E-state index is 10.5. The van der Waals surface area contributed by atoms with Crippen LogP contribution in [0.25, 0.3) is 0 Å². The van der Waals surface area contributed by atoms with Crippen molar-refractivity contribution in [3.63, 3.8) is 0 Å². The van der Waals surface area contributed by atoms with E-state index in [-0.39, 0.29) is 10.8 Å². The standard InChI is InChI=1S/C7H10O3S/c8-4-1-2-6(11)5(3-4)7(9)10/h3-4,6,8,11H,1-2H2,(H,9,10). The first-order valence-electron chi connectivity index (χ1n) is 3.42. The summed E-state index contributed by atoms with van der Waals surface area (Å²) in [5.74, 6) is -0.983. The molecule has 1 rings (SSSR count). The largest absolute Gasteiger partial charge is 0.478 e. The number of aliphatic hydroxyl groups is 1. The summed E-state index contributed by atoms with van der Waals surface area (Å²) in [6.07, 6.45) is 1.99. The number of thiol groups is 1. The Balaban J connectivity index is 2.79. The Labute approximate surface area is 70.1 Å². The minimum atomic E-state index is -0.983. The third-order valence-corrected chi connectivity index (χ3v) is 2.25. The lowest BCUT2D eigenvalue weighted by atomic mass is 9.97. The first kappa shape index (κ1) is 8.62. The summed E-state index contributed by atoms with van der Waals surface area (Å²) in [7, 11) is 0. The molecule has 0 aromatic heterocycles. The highest BCUT2D eigenvalue weighted by Crippen LogP contribution is 2.23. The molecule has 0 saturated heterocycles. The van der Waals surface area contributed by atoms with Crippen molar-refractivity contribution in [3.05, 3.63) is 11.6 Å². The van der Waals surface area contributed by atoms with Crippen LogP contribution in [-0.2, 0) is 4.79 Å². The van der Waals surface area contributed by atoms with E-state index in [0.717, 1.165) is 0 Å². The molecule has 62 valence electrons. The van der Waals surface area contributed by atoms with Gasteiger partial charge in [-0.05, 0) is 18.9 Å². The lowest BCUT2D eigenvalue weighted by Crippen LogP contribution is -2.22. The Bertz CT molecular complexity index is 200. The number of aliphatic carboxylic acids is 1. The van der Waals surface area contributed by atoms with Crippen molar-refractivity contribution in [1.29, 1.82) is 0 Å². The zero-order chi connectivity index (χ0) is 8.43. The zero-order valence-electron chi connectivity index (χ0n) is 5.90. The van der Waals surface area contributed by atoms with Crippen LogP contribution in [0.1, 0.15) is 12.8 Å². The van der Waals surface area contributed by atoms with Gasteiger partial charge in [0.25, 0.3) is 0 Å². The van der Waals surface area contributed by atoms with Gasteiger partial charge in [-0.25, -0.2) is 4.79 Å². The summed E-state index contributed by atoms with van der Waals surface area (Å²) in [5, 5.41) is 17.4. The molecule has 0 aliphatic heterocycles. The van der Waals surface area contributed by atoms with E-state index in [1.165, 1.54) is 6.08 Å². The molecule has 0 radical (unpaired) electrons. The summed E-state index contributed by atoms with van der Waals surface area (Å²) >= 11 is 4.08. The fourth-order valence-electron chi connectivity index (χ4n) is 1.10. The molecular weight excluding hydrogens is 164 g/mol. The summed E-state index contributed by atoms with van der Waals surface area (Å²) < 4.78 is 0. The van der Waals surface area contributed by atoms with E-state index in [1.54, 1.807) is 0 Å². The van der Waals surface area contributed by atoms with Gasteiger partial charge in [0.05, 0.1) is 6.10 Å². The Morgan fingerprint density at radius 1 is 1.64 bits per heavy atom. The Kier molecular flexibility index (Phi) is 2.57. The van der Waals surface area contributed by atoms with E-state index < -0.39 is 12.1 Å². The molecule has 0 aromatic carbocycles. The lowest BCUT2D eigenvalue weighted by molar-refractivity contribution is -0.132. The quantitative estimate of drug-likeness (QED) is 0.506. The van der Waals surface area contributed by atoms with Gasteiger partial charge in [0.15, 0.2) is 0 Å². The van der Waals surface area contributed by atoms with Crippen molar-refractivity contribution < 1.29 is 15.0 Å². The van der Waals surface area contributed by atoms with Crippen LogP contribution in [-0.4, -0.2) is 27.5 Å². The molecule has 4 heteroatoms. The van der Waals surface area contributed by atoms with Gasteiger partial charge in [0.1, 0.15) is 0 Å². The molecule has 0 saturated carbocycles. The summed E-state index contributed by atoms with van der Waals surface area (Å²) in [6.45, 7) is 0. The molecule has 2 N–H and O–H groups in total. The predicted octanol–water partition coefficient (Wildman–Crippen LogP) is 0.451. The SMILES string of the molecule is O=C(O)C1=CC(O)CCC1S. The second-order valence-electron chi connectivity index (χ2n) is 2.59. The molecule has 0 fully saturated rings. The molecule has 3 nitrogen and oxygen atoms in total. The number of hydrogen-bond acceptors (Lipinski definition) is 3. The third kappa shape index (κ3) is 1.97. The number of hydrogen-bond donors (Lipinski definition) is 3. The lowest BCUT2D eigenvalue weighted by Gasteiger charge is -2.19. The number of carboxylic acids is 1. The Hall–Kier alpha value is -0.480. The van der Waals surface area contributed by atoms with Gasteiger partial charge in [-0.2, -0.15) is 12.6 Å². The van der Waals surface area contributed by atoms with Crippen LogP contribution in [0.4, 0.5) is 0 Å². The van der Waals surface area contributed by atoms with Gasteiger partial charge in [-0.3, -0.25) is 0 Å². The number of aliphatic hydroxyl groups excluding tert-OH is 1. The highest BCUT2D eigenvalue weighted by atomic mass is 32.1. The average Bonchev–Trinajstić information content (AvgIpc) is 1.94. The first-order valence-corrected chi connectivity index (χ1v) is 3.94. The summed E-state index contributed by atoms with van der Waals surface area (Å²) in [4.78, 5) is 10.5. The van der Waals surface area contributed by atoms with Gasteiger partial charge >= 0.3 is 5.97 Å². The fraction of sp³-hybridized carbons (Fsp3) is 0.571. The Morgan fingerprint density at radius 3 is 2.73 bits per heavy atom. The van der Waals surface area contributed by atoms with Gasteiger partial charge in [0, 0.05) is 10.8 Å². The van der Waals surface area contributed by atoms with Crippen molar-refractivity contribution in [2.24, 2.45) is 0 Å². The first-order chi connectivity index (χ1) is 5.11. The molecule has 0 bridgehead atoms.